The normalized spacial score (nSPS) is 22.0. The van der Waals surface area contributed by atoms with Gasteiger partial charge in [-0.3, -0.25) is 0 Å². The van der Waals surface area contributed by atoms with Gasteiger partial charge >= 0.3 is 0 Å². The second-order valence-corrected chi connectivity index (χ2v) is 3.44. The van der Waals surface area contributed by atoms with E-state index in [1.54, 1.807) is 0 Å². The fourth-order valence-corrected chi connectivity index (χ4v) is 0.869. The minimum Gasteiger partial charge on any atom is -0.353 e. The van der Waals surface area contributed by atoms with Crippen molar-refractivity contribution < 1.29 is 0 Å². The van der Waals surface area contributed by atoms with Crippen LogP contribution in [0.25, 0.3) is 0 Å². The molecule has 1 aliphatic heterocycles. The van der Waals surface area contributed by atoms with Crippen molar-refractivity contribution in [2.24, 2.45) is 5.41 Å². The van der Waals surface area contributed by atoms with Crippen LogP contribution in [0.1, 0.15) is 13.8 Å². The summed E-state index contributed by atoms with van der Waals surface area (Å²) in [6, 6.07) is 0. The molecule has 1 nitrogen and oxygen atoms in total. The first-order valence-electron chi connectivity index (χ1n) is 3.28. The van der Waals surface area contributed by atoms with Gasteiger partial charge in [0.25, 0.3) is 0 Å². The third-order valence-corrected chi connectivity index (χ3v) is 1.66. The third kappa shape index (κ3) is 1.95. The average molecular weight is 153 g/mol. The first kappa shape index (κ1) is 7.48. The van der Waals surface area contributed by atoms with Crippen molar-refractivity contribution >= 4 is 17.2 Å². The Bertz CT molecular complexity index is 201. The third-order valence-electron chi connectivity index (χ3n) is 1.40. The molecule has 0 spiro atoms. The van der Waals surface area contributed by atoms with Crippen molar-refractivity contribution in [1.29, 1.82) is 0 Å². The standard InChI is InChI=1S/C8H11NS/c1-8(2)4-3-7(10)9-6-5-8/h3-6H,1-2H3,(H,9,10). The molecule has 1 heterocycles. The zero-order valence-corrected chi connectivity index (χ0v) is 7.03. The lowest BCUT2D eigenvalue weighted by Gasteiger charge is -2.11. The highest BCUT2D eigenvalue weighted by atomic mass is 32.1. The summed E-state index contributed by atoms with van der Waals surface area (Å²) >= 11 is 4.95. The molecular weight excluding hydrogens is 142 g/mol. The lowest BCUT2D eigenvalue weighted by Crippen LogP contribution is -2.09. The van der Waals surface area contributed by atoms with E-state index in [0.717, 1.165) is 4.99 Å². The highest BCUT2D eigenvalue weighted by Gasteiger charge is 2.10. The van der Waals surface area contributed by atoms with Gasteiger partial charge in [-0.1, -0.05) is 38.2 Å². The Labute approximate surface area is 66.8 Å². The van der Waals surface area contributed by atoms with E-state index >= 15 is 0 Å². The maximum absolute atomic E-state index is 4.95. The van der Waals surface area contributed by atoms with Gasteiger partial charge in [0.05, 0.1) is 0 Å². The maximum atomic E-state index is 4.95. The van der Waals surface area contributed by atoms with E-state index in [-0.39, 0.29) is 5.41 Å². The van der Waals surface area contributed by atoms with Gasteiger partial charge in [-0.2, -0.15) is 0 Å². The van der Waals surface area contributed by atoms with Crippen LogP contribution < -0.4 is 5.32 Å². The Balaban J connectivity index is 2.84. The van der Waals surface area contributed by atoms with Crippen LogP contribution in [-0.4, -0.2) is 4.99 Å². The zero-order valence-electron chi connectivity index (χ0n) is 6.22. The van der Waals surface area contributed by atoms with Gasteiger partial charge in [0, 0.05) is 5.41 Å². The quantitative estimate of drug-likeness (QED) is 0.534. The van der Waals surface area contributed by atoms with Crippen LogP contribution in [0.4, 0.5) is 0 Å². The Morgan fingerprint density at radius 2 is 2.10 bits per heavy atom. The van der Waals surface area contributed by atoms with Crippen molar-refractivity contribution in [3.8, 4) is 0 Å². The fourth-order valence-electron chi connectivity index (χ4n) is 0.733. The summed E-state index contributed by atoms with van der Waals surface area (Å²) in [5.41, 5.74) is 0.132. The molecule has 1 N–H and O–H groups in total. The number of thiocarbonyl (C=S) groups is 1. The Hall–Kier alpha value is -0.630. The summed E-state index contributed by atoms with van der Waals surface area (Å²) in [6.07, 6.45) is 7.99. The highest BCUT2D eigenvalue weighted by molar-refractivity contribution is 7.80. The summed E-state index contributed by atoms with van der Waals surface area (Å²) in [7, 11) is 0. The fraction of sp³-hybridized carbons (Fsp3) is 0.375. The van der Waals surface area contributed by atoms with Crippen molar-refractivity contribution in [3.05, 3.63) is 24.4 Å². The van der Waals surface area contributed by atoms with Gasteiger partial charge in [-0.05, 0) is 12.3 Å². The lowest BCUT2D eigenvalue weighted by molar-refractivity contribution is 0.626. The van der Waals surface area contributed by atoms with E-state index in [2.05, 4.69) is 31.3 Å². The number of nitrogens with one attached hydrogen (secondary N) is 1. The van der Waals surface area contributed by atoms with Crippen molar-refractivity contribution in [2.75, 3.05) is 0 Å². The number of allylic oxidation sites excluding steroid dienone is 2. The molecule has 0 bridgehead atoms. The van der Waals surface area contributed by atoms with Crippen LogP contribution in [0.3, 0.4) is 0 Å². The van der Waals surface area contributed by atoms with E-state index in [4.69, 9.17) is 12.2 Å². The van der Waals surface area contributed by atoms with Crippen LogP contribution in [0.15, 0.2) is 24.4 Å². The second kappa shape index (κ2) is 2.54. The molecule has 2 heteroatoms. The molecular formula is C8H11NS. The predicted octanol–water partition coefficient (Wildman–Crippen LogP) is 2.01. The molecule has 0 radical (unpaired) electrons. The largest absolute Gasteiger partial charge is 0.353 e. The molecule has 0 saturated carbocycles. The Morgan fingerprint density at radius 3 is 2.80 bits per heavy atom. The van der Waals surface area contributed by atoms with Gasteiger partial charge in [0.2, 0.25) is 0 Å². The first-order chi connectivity index (χ1) is 4.60. The van der Waals surface area contributed by atoms with Crippen LogP contribution in [0, 0.1) is 5.41 Å². The van der Waals surface area contributed by atoms with E-state index in [1.165, 1.54) is 0 Å². The average Bonchev–Trinajstić information content (AvgIpc) is 1.94. The molecule has 0 atom stereocenters. The van der Waals surface area contributed by atoms with Crippen molar-refractivity contribution in [3.63, 3.8) is 0 Å². The molecule has 0 aromatic heterocycles. The summed E-state index contributed by atoms with van der Waals surface area (Å²) < 4.78 is 0. The summed E-state index contributed by atoms with van der Waals surface area (Å²) in [5.74, 6) is 0. The zero-order chi connectivity index (χ0) is 7.61. The SMILES string of the molecule is CC1(C)C=CNC(=S)C=C1. The van der Waals surface area contributed by atoms with Gasteiger partial charge < -0.3 is 5.32 Å². The summed E-state index contributed by atoms with van der Waals surface area (Å²) in [5, 5.41) is 2.96. The molecule has 0 aliphatic carbocycles. The summed E-state index contributed by atoms with van der Waals surface area (Å²) in [6.45, 7) is 4.27. The molecule has 0 saturated heterocycles. The van der Waals surface area contributed by atoms with E-state index in [9.17, 15) is 0 Å². The van der Waals surface area contributed by atoms with E-state index < -0.39 is 0 Å². The molecule has 0 aromatic carbocycles. The molecule has 10 heavy (non-hydrogen) atoms. The first-order valence-corrected chi connectivity index (χ1v) is 3.68. The number of rotatable bonds is 0. The van der Waals surface area contributed by atoms with Gasteiger partial charge in [-0.25, -0.2) is 0 Å². The van der Waals surface area contributed by atoms with Crippen LogP contribution >= 0.6 is 12.2 Å². The molecule has 0 unspecified atom stereocenters. The summed E-state index contributed by atoms with van der Waals surface area (Å²) in [4.78, 5) is 0.779. The Kier molecular flexibility index (Phi) is 1.90. The second-order valence-electron chi connectivity index (χ2n) is 3.00. The molecule has 0 fully saturated rings. The smallest absolute Gasteiger partial charge is 0.102 e. The minimum absolute atomic E-state index is 0.132. The number of hydrogen-bond acceptors (Lipinski definition) is 1. The minimum atomic E-state index is 0.132. The molecule has 54 valence electrons. The molecule has 0 aromatic rings. The van der Waals surface area contributed by atoms with Crippen LogP contribution in [-0.2, 0) is 0 Å². The Morgan fingerprint density at radius 1 is 1.40 bits per heavy atom. The lowest BCUT2D eigenvalue weighted by atomic mass is 9.94. The molecule has 1 aliphatic rings. The van der Waals surface area contributed by atoms with E-state index in [0.29, 0.717) is 0 Å². The highest BCUT2D eigenvalue weighted by Crippen LogP contribution is 2.19. The van der Waals surface area contributed by atoms with Gasteiger partial charge in [0.15, 0.2) is 0 Å². The number of hydrogen-bond donors (Lipinski definition) is 1. The maximum Gasteiger partial charge on any atom is 0.102 e. The topological polar surface area (TPSA) is 12.0 Å². The van der Waals surface area contributed by atoms with Crippen molar-refractivity contribution in [2.45, 2.75) is 13.8 Å². The van der Waals surface area contributed by atoms with Crippen LogP contribution in [0.2, 0.25) is 0 Å². The van der Waals surface area contributed by atoms with Crippen LogP contribution in [0.5, 0.6) is 0 Å². The van der Waals surface area contributed by atoms with Gasteiger partial charge in [0.1, 0.15) is 4.99 Å². The molecule has 1 rings (SSSR count). The van der Waals surface area contributed by atoms with Gasteiger partial charge in [-0.15, -0.1) is 0 Å². The molecule has 0 amide bonds. The van der Waals surface area contributed by atoms with E-state index in [1.807, 2.05) is 12.3 Å². The predicted molar refractivity (Wildman–Crippen MR) is 47.8 cm³/mol. The monoisotopic (exact) mass is 153 g/mol. The van der Waals surface area contributed by atoms with Crippen molar-refractivity contribution in [1.82, 2.24) is 5.32 Å².